The van der Waals surface area contributed by atoms with Crippen LogP contribution in [0.1, 0.15) is 17.0 Å². The molecule has 0 spiro atoms. The lowest BCUT2D eigenvalue weighted by Gasteiger charge is -2.28. The summed E-state index contributed by atoms with van der Waals surface area (Å²) in [5.74, 6) is 2.18. The number of nitrogens with zero attached hydrogens (tertiary/aromatic N) is 6. The molecule has 1 N–H and O–H groups in total. The van der Waals surface area contributed by atoms with Crippen molar-refractivity contribution in [3.8, 4) is 17.1 Å². The molecule has 1 fully saturated rings. The number of H-pyrrole nitrogens is 1. The Morgan fingerprint density at radius 3 is 2.75 bits per heavy atom. The summed E-state index contributed by atoms with van der Waals surface area (Å²) >= 11 is 0. The summed E-state index contributed by atoms with van der Waals surface area (Å²) < 4.78 is 13.1. The molecule has 0 radical (unpaired) electrons. The third-order valence-corrected chi connectivity index (χ3v) is 5.27. The normalized spacial score (nSPS) is 14.1. The fourth-order valence-corrected chi connectivity index (χ4v) is 3.63. The average molecular weight is 432 g/mol. The van der Waals surface area contributed by atoms with Crippen LogP contribution in [-0.2, 0) is 22.7 Å². The van der Waals surface area contributed by atoms with Crippen LogP contribution in [0.5, 0.6) is 0 Å². The van der Waals surface area contributed by atoms with Gasteiger partial charge in [-0.3, -0.25) is 5.10 Å². The number of aromatic amines is 1. The molecule has 3 aromatic heterocycles. The van der Waals surface area contributed by atoms with E-state index in [0.717, 1.165) is 35.7 Å². The zero-order valence-electron chi connectivity index (χ0n) is 17.9. The third kappa shape index (κ3) is 4.68. The first-order valence-electron chi connectivity index (χ1n) is 10.6. The molecule has 0 atom stereocenters. The van der Waals surface area contributed by atoms with Gasteiger partial charge >= 0.3 is 0 Å². The maximum Gasteiger partial charge on any atom is 0.159 e. The Hall–Kier alpha value is -3.56. The van der Waals surface area contributed by atoms with Crippen molar-refractivity contribution in [3.05, 3.63) is 71.9 Å². The van der Waals surface area contributed by atoms with Crippen LogP contribution in [0.25, 0.3) is 17.1 Å². The van der Waals surface area contributed by atoms with E-state index < -0.39 is 0 Å². The van der Waals surface area contributed by atoms with Crippen LogP contribution in [-0.4, -0.2) is 56.2 Å². The number of benzene rings is 1. The number of hydrogen-bond acceptors (Lipinski definition) is 7. The topological polar surface area (TPSA) is 94.0 Å². The van der Waals surface area contributed by atoms with E-state index in [0.29, 0.717) is 38.1 Å². The summed E-state index contributed by atoms with van der Waals surface area (Å²) in [6.45, 7) is 5.77. The van der Waals surface area contributed by atoms with E-state index in [9.17, 15) is 0 Å². The van der Waals surface area contributed by atoms with Gasteiger partial charge in [0.2, 0.25) is 0 Å². The van der Waals surface area contributed by atoms with Crippen molar-refractivity contribution in [2.75, 3.05) is 31.2 Å². The largest absolute Gasteiger partial charge is 0.378 e. The van der Waals surface area contributed by atoms with E-state index in [1.165, 1.54) is 5.56 Å². The lowest BCUT2D eigenvalue weighted by atomic mass is 10.1. The maximum atomic E-state index is 5.83. The first-order valence-corrected chi connectivity index (χ1v) is 10.6. The predicted octanol–water partition coefficient (Wildman–Crippen LogP) is 2.91. The summed E-state index contributed by atoms with van der Waals surface area (Å²) in [6.07, 6.45) is 5.49. The summed E-state index contributed by atoms with van der Waals surface area (Å²) in [6, 6.07) is 12.3. The standard InChI is InChI=1S/C23H25N7O2/c1-17-3-2-4-19(11-17)20-5-6-30(28-20)23-12-22(29-7-9-31-10-8-29)26-21(27-23)16-32-15-18-13-24-25-14-18/h2-6,11-14H,7-10,15-16H2,1H3,(H,24,25). The molecule has 9 nitrogen and oxygen atoms in total. The first kappa shape index (κ1) is 20.3. The van der Waals surface area contributed by atoms with Crippen LogP contribution in [0.2, 0.25) is 0 Å². The van der Waals surface area contributed by atoms with Gasteiger partial charge < -0.3 is 14.4 Å². The van der Waals surface area contributed by atoms with Gasteiger partial charge in [-0.1, -0.05) is 23.8 Å². The van der Waals surface area contributed by atoms with E-state index >= 15 is 0 Å². The quantitative estimate of drug-likeness (QED) is 0.481. The van der Waals surface area contributed by atoms with Gasteiger partial charge in [0.05, 0.1) is 31.7 Å². The number of aromatic nitrogens is 6. The van der Waals surface area contributed by atoms with Crippen LogP contribution >= 0.6 is 0 Å². The Morgan fingerprint density at radius 2 is 1.94 bits per heavy atom. The van der Waals surface area contributed by atoms with E-state index in [1.54, 1.807) is 10.9 Å². The van der Waals surface area contributed by atoms with Crippen molar-refractivity contribution in [3.63, 3.8) is 0 Å². The molecular weight excluding hydrogens is 406 g/mol. The van der Waals surface area contributed by atoms with Gasteiger partial charge in [-0.05, 0) is 19.1 Å². The average Bonchev–Trinajstić information content (AvgIpc) is 3.52. The van der Waals surface area contributed by atoms with Gasteiger partial charge in [0.25, 0.3) is 0 Å². The van der Waals surface area contributed by atoms with Crippen LogP contribution in [0, 0.1) is 6.92 Å². The van der Waals surface area contributed by atoms with Gasteiger partial charge in [0, 0.05) is 42.7 Å². The molecule has 4 heterocycles. The van der Waals surface area contributed by atoms with Crippen molar-refractivity contribution < 1.29 is 9.47 Å². The smallest absolute Gasteiger partial charge is 0.159 e. The fourth-order valence-electron chi connectivity index (χ4n) is 3.63. The van der Waals surface area contributed by atoms with E-state index in [-0.39, 0.29) is 0 Å². The molecule has 1 aliphatic rings. The summed E-state index contributed by atoms with van der Waals surface area (Å²) in [4.78, 5) is 11.7. The van der Waals surface area contributed by atoms with Crippen LogP contribution in [0.4, 0.5) is 5.82 Å². The zero-order chi connectivity index (χ0) is 21.8. The lowest BCUT2D eigenvalue weighted by Crippen LogP contribution is -2.37. The molecule has 0 saturated carbocycles. The molecule has 0 bridgehead atoms. The molecule has 5 rings (SSSR count). The number of rotatable bonds is 7. The third-order valence-electron chi connectivity index (χ3n) is 5.27. The molecule has 0 aliphatic carbocycles. The van der Waals surface area contributed by atoms with Crippen molar-refractivity contribution in [1.29, 1.82) is 0 Å². The van der Waals surface area contributed by atoms with Gasteiger partial charge in [-0.2, -0.15) is 10.2 Å². The molecule has 32 heavy (non-hydrogen) atoms. The predicted molar refractivity (Wildman–Crippen MR) is 119 cm³/mol. The monoisotopic (exact) mass is 431 g/mol. The molecule has 1 aliphatic heterocycles. The highest BCUT2D eigenvalue weighted by Crippen LogP contribution is 2.21. The molecule has 4 aromatic rings. The van der Waals surface area contributed by atoms with Crippen LogP contribution in [0.15, 0.2) is 55.0 Å². The summed E-state index contributed by atoms with van der Waals surface area (Å²) in [5.41, 5.74) is 4.16. The Kier molecular flexibility index (Phi) is 5.91. The summed E-state index contributed by atoms with van der Waals surface area (Å²) in [5, 5.41) is 11.5. The highest BCUT2D eigenvalue weighted by atomic mass is 16.5. The van der Waals surface area contributed by atoms with Crippen molar-refractivity contribution >= 4 is 5.82 Å². The highest BCUT2D eigenvalue weighted by Gasteiger charge is 2.16. The number of ether oxygens (including phenoxy) is 2. The number of aryl methyl sites for hydroxylation is 1. The van der Waals surface area contributed by atoms with E-state index in [1.807, 2.05) is 30.6 Å². The van der Waals surface area contributed by atoms with Gasteiger partial charge in [0.15, 0.2) is 11.6 Å². The zero-order valence-corrected chi connectivity index (χ0v) is 17.9. The molecule has 1 saturated heterocycles. The molecular formula is C23H25N7O2. The van der Waals surface area contributed by atoms with Gasteiger partial charge in [-0.15, -0.1) is 0 Å². The van der Waals surface area contributed by atoms with Crippen molar-refractivity contribution in [1.82, 2.24) is 29.9 Å². The van der Waals surface area contributed by atoms with E-state index in [2.05, 4.69) is 40.2 Å². The second-order valence-electron chi connectivity index (χ2n) is 7.71. The van der Waals surface area contributed by atoms with Crippen molar-refractivity contribution in [2.45, 2.75) is 20.1 Å². The molecule has 0 amide bonds. The first-order chi connectivity index (χ1) is 15.7. The molecule has 9 heteroatoms. The maximum absolute atomic E-state index is 5.83. The van der Waals surface area contributed by atoms with Crippen LogP contribution < -0.4 is 4.90 Å². The van der Waals surface area contributed by atoms with Crippen LogP contribution in [0.3, 0.4) is 0 Å². The number of morpholine rings is 1. The Labute approximate surface area is 186 Å². The second kappa shape index (κ2) is 9.29. The Morgan fingerprint density at radius 1 is 1.06 bits per heavy atom. The lowest BCUT2D eigenvalue weighted by molar-refractivity contribution is 0.101. The van der Waals surface area contributed by atoms with Gasteiger partial charge in [-0.25, -0.2) is 14.6 Å². The summed E-state index contributed by atoms with van der Waals surface area (Å²) in [7, 11) is 0. The molecule has 1 aromatic carbocycles. The van der Waals surface area contributed by atoms with Gasteiger partial charge in [0.1, 0.15) is 12.4 Å². The Balaban J connectivity index is 1.42. The van der Waals surface area contributed by atoms with Crippen molar-refractivity contribution in [2.24, 2.45) is 0 Å². The molecule has 164 valence electrons. The Bertz CT molecular complexity index is 1170. The van der Waals surface area contributed by atoms with E-state index in [4.69, 9.17) is 24.5 Å². The minimum atomic E-state index is 0.294. The number of nitrogens with one attached hydrogen (secondary N) is 1. The number of anilines is 1. The number of hydrogen-bond donors (Lipinski definition) is 1. The minimum Gasteiger partial charge on any atom is -0.378 e. The minimum absolute atomic E-state index is 0.294. The molecule has 0 unspecified atom stereocenters. The second-order valence-corrected chi connectivity index (χ2v) is 7.71. The fraction of sp³-hybridized carbons (Fsp3) is 0.304. The highest BCUT2D eigenvalue weighted by molar-refractivity contribution is 5.60. The SMILES string of the molecule is Cc1cccc(-c2ccn(-c3cc(N4CCOCC4)nc(COCc4cn[nH]c4)n3)n2)c1.